The molecule has 1 aliphatic rings. The van der Waals surface area contributed by atoms with E-state index in [2.05, 4.69) is 17.6 Å². The third-order valence-corrected chi connectivity index (χ3v) is 4.90. The zero-order valence-electron chi connectivity index (χ0n) is 16.8. The number of esters is 1. The van der Waals surface area contributed by atoms with Gasteiger partial charge in [0.05, 0.1) is 10.5 Å². The van der Waals surface area contributed by atoms with Gasteiger partial charge >= 0.3 is 12.0 Å². The van der Waals surface area contributed by atoms with Crippen LogP contribution in [0.25, 0.3) is 0 Å². The lowest BCUT2D eigenvalue weighted by molar-refractivity contribution is -0.384. The van der Waals surface area contributed by atoms with Gasteiger partial charge in [-0.25, -0.2) is 9.59 Å². The zero-order chi connectivity index (χ0) is 21.6. The van der Waals surface area contributed by atoms with Crippen LogP contribution in [0.4, 0.5) is 16.2 Å². The highest BCUT2D eigenvalue weighted by molar-refractivity contribution is 5.97. The van der Waals surface area contributed by atoms with E-state index in [1.807, 2.05) is 0 Å². The molecule has 1 aliphatic carbocycles. The number of nitro groups is 1. The van der Waals surface area contributed by atoms with E-state index in [1.54, 1.807) is 19.0 Å². The maximum Gasteiger partial charge on any atom is 0.338 e. The second kappa shape index (κ2) is 9.85. The van der Waals surface area contributed by atoms with Crippen LogP contribution in [0, 0.1) is 16.0 Å². The van der Waals surface area contributed by atoms with E-state index in [0.717, 1.165) is 31.7 Å². The second-order valence-corrected chi connectivity index (χ2v) is 7.32. The molecule has 2 N–H and O–H groups in total. The van der Waals surface area contributed by atoms with Gasteiger partial charge < -0.3 is 15.0 Å². The molecule has 10 nitrogen and oxygen atoms in total. The molecule has 2 rings (SSSR count). The number of imide groups is 1. The van der Waals surface area contributed by atoms with Crippen molar-refractivity contribution in [2.24, 2.45) is 5.92 Å². The molecule has 1 aromatic rings. The standard InChI is InChI=1S/C19H26N4O6/c1-12-6-4-5-7-14(12)20-19(26)21-17(24)11-29-18(25)13-8-9-15(22(2)3)16(10-13)23(27)28/h8-10,12,14H,4-7,11H2,1-3H3,(H2,20,21,24,26)/t12-,14-/m0/s1. The Kier molecular flexibility index (Phi) is 7.52. The van der Waals surface area contributed by atoms with Gasteiger partial charge in [-0.2, -0.15) is 0 Å². The molecule has 158 valence electrons. The molecule has 0 aliphatic heterocycles. The highest BCUT2D eigenvalue weighted by Crippen LogP contribution is 2.28. The van der Waals surface area contributed by atoms with Crippen LogP contribution in [0.5, 0.6) is 0 Å². The normalized spacial score (nSPS) is 18.4. The van der Waals surface area contributed by atoms with Crippen LogP contribution in [0.3, 0.4) is 0 Å². The first kappa shape index (κ1) is 22.1. The van der Waals surface area contributed by atoms with Gasteiger partial charge in [0.25, 0.3) is 11.6 Å². The number of ether oxygens (including phenoxy) is 1. The maximum absolute atomic E-state index is 12.1. The molecular weight excluding hydrogens is 380 g/mol. The van der Waals surface area contributed by atoms with Gasteiger partial charge in [0.2, 0.25) is 0 Å². The van der Waals surface area contributed by atoms with Gasteiger partial charge in [0.15, 0.2) is 6.61 Å². The van der Waals surface area contributed by atoms with E-state index in [1.165, 1.54) is 12.1 Å². The Hall–Kier alpha value is -3.17. The number of nitrogens with one attached hydrogen (secondary N) is 2. The van der Waals surface area contributed by atoms with Gasteiger partial charge in [0, 0.05) is 26.2 Å². The maximum atomic E-state index is 12.1. The van der Waals surface area contributed by atoms with Crippen molar-refractivity contribution in [3.05, 3.63) is 33.9 Å². The first-order valence-electron chi connectivity index (χ1n) is 9.42. The van der Waals surface area contributed by atoms with Gasteiger partial charge in [-0.1, -0.05) is 19.8 Å². The number of nitro benzene ring substituents is 1. The van der Waals surface area contributed by atoms with E-state index >= 15 is 0 Å². The van der Waals surface area contributed by atoms with Crippen molar-refractivity contribution >= 4 is 29.3 Å². The van der Waals surface area contributed by atoms with Crippen LogP contribution in [0.2, 0.25) is 0 Å². The first-order chi connectivity index (χ1) is 13.7. The fourth-order valence-electron chi connectivity index (χ4n) is 3.29. The van der Waals surface area contributed by atoms with E-state index in [0.29, 0.717) is 11.6 Å². The Morgan fingerprint density at radius 3 is 2.55 bits per heavy atom. The Balaban J connectivity index is 1.88. The zero-order valence-corrected chi connectivity index (χ0v) is 16.8. The fourth-order valence-corrected chi connectivity index (χ4v) is 3.29. The summed E-state index contributed by atoms with van der Waals surface area (Å²) in [6.07, 6.45) is 4.04. The molecule has 0 aromatic heterocycles. The van der Waals surface area contributed by atoms with Gasteiger partial charge in [0.1, 0.15) is 5.69 Å². The molecule has 0 bridgehead atoms. The number of hydrogen-bond acceptors (Lipinski definition) is 7. The topological polar surface area (TPSA) is 131 Å². The van der Waals surface area contributed by atoms with Crippen molar-refractivity contribution < 1.29 is 24.0 Å². The van der Waals surface area contributed by atoms with Gasteiger partial charge in [-0.15, -0.1) is 0 Å². The highest BCUT2D eigenvalue weighted by Gasteiger charge is 2.24. The Morgan fingerprint density at radius 1 is 1.24 bits per heavy atom. The van der Waals surface area contributed by atoms with E-state index in [4.69, 9.17) is 4.74 Å². The Labute approximate surface area is 168 Å². The number of benzene rings is 1. The SMILES string of the molecule is C[C@H]1CCCC[C@@H]1NC(=O)NC(=O)COC(=O)c1ccc(N(C)C)c([N+](=O)[O-])c1. The predicted molar refractivity (Wildman–Crippen MR) is 106 cm³/mol. The number of amides is 3. The minimum absolute atomic E-state index is 0.00913. The molecule has 2 atom stereocenters. The summed E-state index contributed by atoms with van der Waals surface area (Å²) in [4.78, 5) is 48.1. The quantitative estimate of drug-likeness (QED) is 0.421. The summed E-state index contributed by atoms with van der Waals surface area (Å²) < 4.78 is 4.87. The fraction of sp³-hybridized carbons (Fsp3) is 0.526. The number of rotatable bonds is 6. The molecule has 1 fully saturated rings. The number of anilines is 1. The summed E-state index contributed by atoms with van der Waals surface area (Å²) in [5.74, 6) is -1.34. The molecule has 1 aromatic carbocycles. The van der Waals surface area contributed by atoms with Crippen molar-refractivity contribution in [2.45, 2.75) is 38.6 Å². The summed E-state index contributed by atoms with van der Waals surface area (Å²) in [5.41, 5.74) is 0.0170. The smallest absolute Gasteiger partial charge is 0.338 e. The largest absolute Gasteiger partial charge is 0.452 e. The van der Waals surface area contributed by atoms with Crippen molar-refractivity contribution in [2.75, 3.05) is 25.6 Å². The minimum Gasteiger partial charge on any atom is -0.452 e. The third kappa shape index (κ3) is 6.16. The van der Waals surface area contributed by atoms with E-state index in [9.17, 15) is 24.5 Å². The van der Waals surface area contributed by atoms with Crippen molar-refractivity contribution in [1.82, 2.24) is 10.6 Å². The molecule has 3 amide bonds. The van der Waals surface area contributed by atoms with E-state index in [-0.39, 0.29) is 17.3 Å². The number of nitrogens with zero attached hydrogens (tertiary/aromatic N) is 2. The highest BCUT2D eigenvalue weighted by atomic mass is 16.6. The summed E-state index contributed by atoms with van der Waals surface area (Å²) >= 11 is 0. The van der Waals surface area contributed by atoms with Crippen LogP contribution in [-0.2, 0) is 9.53 Å². The summed E-state index contributed by atoms with van der Waals surface area (Å²) in [5, 5.41) is 16.1. The molecule has 0 radical (unpaired) electrons. The lowest BCUT2D eigenvalue weighted by Gasteiger charge is -2.29. The van der Waals surface area contributed by atoms with E-state index < -0.39 is 29.4 Å². The molecular formula is C19H26N4O6. The average molecular weight is 406 g/mol. The Morgan fingerprint density at radius 2 is 1.93 bits per heavy atom. The van der Waals surface area contributed by atoms with Crippen LogP contribution >= 0.6 is 0 Å². The number of carbonyl (C=O) groups excluding carboxylic acids is 3. The van der Waals surface area contributed by atoms with Gasteiger partial charge in [-0.3, -0.25) is 20.2 Å². The molecule has 0 saturated heterocycles. The van der Waals surface area contributed by atoms with Crippen LogP contribution in [0.15, 0.2) is 18.2 Å². The average Bonchev–Trinajstić information content (AvgIpc) is 2.67. The summed E-state index contributed by atoms with van der Waals surface area (Å²) in [6.45, 7) is 1.38. The van der Waals surface area contributed by atoms with Crippen molar-refractivity contribution in [3.63, 3.8) is 0 Å². The van der Waals surface area contributed by atoms with Crippen LogP contribution in [0.1, 0.15) is 43.0 Å². The lowest BCUT2D eigenvalue weighted by Crippen LogP contribution is -2.48. The number of carbonyl (C=O) groups is 3. The first-order valence-corrected chi connectivity index (χ1v) is 9.42. The minimum atomic E-state index is -0.894. The molecule has 0 spiro atoms. The molecule has 0 heterocycles. The number of hydrogen-bond donors (Lipinski definition) is 2. The Bertz CT molecular complexity index is 795. The predicted octanol–water partition coefficient (Wildman–Crippen LogP) is 2.22. The molecule has 1 saturated carbocycles. The van der Waals surface area contributed by atoms with Crippen LogP contribution in [-0.4, -0.2) is 49.6 Å². The second-order valence-electron chi connectivity index (χ2n) is 7.32. The molecule has 0 unspecified atom stereocenters. The summed E-state index contributed by atoms with van der Waals surface area (Å²) in [6, 6.07) is 3.27. The monoisotopic (exact) mass is 406 g/mol. The third-order valence-electron chi connectivity index (χ3n) is 4.90. The molecule has 10 heteroatoms. The van der Waals surface area contributed by atoms with Crippen molar-refractivity contribution in [1.29, 1.82) is 0 Å². The number of urea groups is 1. The lowest BCUT2D eigenvalue weighted by atomic mass is 9.86. The van der Waals surface area contributed by atoms with Crippen molar-refractivity contribution in [3.8, 4) is 0 Å². The van der Waals surface area contributed by atoms with Crippen LogP contribution < -0.4 is 15.5 Å². The van der Waals surface area contributed by atoms with Gasteiger partial charge in [-0.05, 0) is 30.9 Å². The molecule has 29 heavy (non-hydrogen) atoms. The summed E-state index contributed by atoms with van der Waals surface area (Å²) in [7, 11) is 3.29.